The maximum atomic E-state index is 11.9. The van der Waals surface area contributed by atoms with E-state index in [-0.39, 0.29) is 5.97 Å². The predicted molar refractivity (Wildman–Crippen MR) is 85.0 cm³/mol. The molecule has 0 fully saturated rings. The number of ether oxygens (including phenoxy) is 1. The Balaban J connectivity index is 4.03. The minimum atomic E-state index is -0.545. The number of carbonyl (C=O) groups is 1. The summed E-state index contributed by atoms with van der Waals surface area (Å²) in [6.07, 6.45) is 5.52. The molecule has 1 N–H and O–H groups in total. The van der Waals surface area contributed by atoms with E-state index in [2.05, 4.69) is 24.1 Å². The van der Waals surface area contributed by atoms with Crippen molar-refractivity contribution in [3.8, 4) is 0 Å². The van der Waals surface area contributed by atoms with Crippen molar-refractivity contribution in [3.63, 3.8) is 0 Å². The van der Waals surface area contributed by atoms with Crippen molar-refractivity contribution < 1.29 is 9.53 Å². The van der Waals surface area contributed by atoms with Crippen molar-refractivity contribution >= 4 is 5.97 Å². The highest BCUT2D eigenvalue weighted by atomic mass is 16.5. The summed E-state index contributed by atoms with van der Waals surface area (Å²) in [5, 5.41) is 3.11. The molecule has 0 aromatic carbocycles. The van der Waals surface area contributed by atoms with E-state index in [4.69, 9.17) is 4.74 Å². The van der Waals surface area contributed by atoms with E-state index in [0.717, 1.165) is 32.4 Å². The number of esters is 1. The lowest BCUT2D eigenvalue weighted by Crippen LogP contribution is -2.48. The lowest BCUT2D eigenvalue weighted by Gasteiger charge is -2.27. The standard InChI is InChI=1S/C16H34N2O2/c1-6-9-13-18(7-2)14-11-10-12-16(4,17-5)15(19)20-8-3/h17H,6-14H2,1-5H3. The van der Waals surface area contributed by atoms with Gasteiger partial charge in [0.1, 0.15) is 5.54 Å². The van der Waals surface area contributed by atoms with Crippen LogP contribution < -0.4 is 5.32 Å². The number of unbranched alkanes of at least 4 members (excludes halogenated alkanes) is 2. The maximum absolute atomic E-state index is 11.9. The van der Waals surface area contributed by atoms with Crippen LogP contribution in [0.3, 0.4) is 0 Å². The van der Waals surface area contributed by atoms with Crippen molar-refractivity contribution in [1.29, 1.82) is 0 Å². The van der Waals surface area contributed by atoms with Gasteiger partial charge in [-0.2, -0.15) is 0 Å². The summed E-state index contributed by atoms with van der Waals surface area (Å²) in [5.74, 6) is -0.138. The van der Waals surface area contributed by atoms with E-state index >= 15 is 0 Å². The number of nitrogens with zero attached hydrogens (tertiary/aromatic N) is 1. The smallest absolute Gasteiger partial charge is 0.326 e. The average molecular weight is 286 g/mol. The molecule has 0 radical (unpaired) electrons. The number of nitrogens with one attached hydrogen (secondary N) is 1. The second-order valence-corrected chi connectivity index (χ2v) is 5.55. The van der Waals surface area contributed by atoms with Gasteiger partial charge in [-0.25, -0.2) is 0 Å². The molecule has 0 aromatic rings. The number of hydrogen-bond acceptors (Lipinski definition) is 4. The van der Waals surface area contributed by atoms with Crippen LogP contribution in [0, 0.1) is 0 Å². The normalized spacial score (nSPS) is 14.3. The van der Waals surface area contributed by atoms with Crippen LogP contribution in [-0.2, 0) is 9.53 Å². The van der Waals surface area contributed by atoms with Gasteiger partial charge < -0.3 is 15.0 Å². The molecule has 120 valence electrons. The Morgan fingerprint density at radius 1 is 1.15 bits per heavy atom. The Labute approximate surface area is 125 Å². The Kier molecular flexibility index (Phi) is 10.8. The van der Waals surface area contributed by atoms with Gasteiger partial charge in [0, 0.05) is 0 Å². The molecule has 0 rings (SSSR count). The van der Waals surface area contributed by atoms with Crippen molar-refractivity contribution in [2.24, 2.45) is 0 Å². The van der Waals surface area contributed by atoms with E-state index in [1.165, 1.54) is 19.4 Å². The third-order valence-electron chi connectivity index (χ3n) is 3.95. The fraction of sp³-hybridized carbons (Fsp3) is 0.938. The summed E-state index contributed by atoms with van der Waals surface area (Å²) in [5.41, 5.74) is -0.545. The Bertz CT molecular complexity index is 259. The number of carbonyl (C=O) groups excluding carboxylic acids is 1. The van der Waals surface area contributed by atoms with E-state index in [9.17, 15) is 4.79 Å². The minimum Gasteiger partial charge on any atom is -0.465 e. The van der Waals surface area contributed by atoms with Crippen LogP contribution in [0.15, 0.2) is 0 Å². The van der Waals surface area contributed by atoms with Crippen LogP contribution >= 0.6 is 0 Å². The highest BCUT2D eigenvalue weighted by Gasteiger charge is 2.32. The van der Waals surface area contributed by atoms with Crippen LogP contribution in [0.5, 0.6) is 0 Å². The van der Waals surface area contributed by atoms with Crippen LogP contribution in [0.4, 0.5) is 0 Å². The number of hydrogen-bond donors (Lipinski definition) is 1. The number of rotatable bonds is 12. The molecule has 1 atom stereocenters. The first-order chi connectivity index (χ1) is 9.53. The van der Waals surface area contributed by atoms with Gasteiger partial charge in [0.05, 0.1) is 6.61 Å². The molecule has 0 amide bonds. The zero-order valence-corrected chi connectivity index (χ0v) is 14.1. The van der Waals surface area contributed by atoms with Crippen molar-refractivity contribution in [3.05, 3.63) is 0 Å². The van der Waals surface area contributed by atoms with Crippen LogP contribution in [0.2, 0.25) is 0 Å². The molecular weight excluding hydrogens is 252 g/mol. The third kappa shape index (κ3) is 7.25. The highest BCUT2D eigenvalue weighted by Crippen LogP contribution is 2.16. The molecule has 1 unspecified atom stereocenters. The first-order valence-corrected chi connectivity index (χ1v) is 8.12. The summed E-state index contributed by atoms with van der Waals surface area (Å²) in [6, 6.07) is 0. The quantitative estimate of drug-likeness (QED) is 0.442. The molecule has 4 heteroatoms. The monoisotopic (exact) mass is 286 g/mol. The molecule has 0 saturated heterocycles. The molecule has 20 heavy (non-hydrogen) atoms. The molecular formula is C16H34N2O2. The Morgan fingerprint density at radius 2 is 1.80 bits per heavy atom. The number of likely N-dealkylation sites (N-methyl/N-ethyl adjacent to an activating group) is 1. The summed E-state index contributed by atoms with van der Waals surface area (Å²) in [6.45, 7) is 12.1. The second-order valence-electron chi connectivity index (χ2n) is 5.55. The largest absolute Gasteiger partial charge is 0.465 e. The summed E-state index contributed by atoms with van der Waals surface area (Å²) in [7, 11) is 1.83. The van der Waals surface area contributed by atoms with E-state index in [0.29, 0.717) is 6.61 Å². The fourth-order valence-corrected chi connectivity index (χ4v) is 2.24. The average Bonchev–Trinajstić information content (AvgIpc) is 2.46. The molecule has 0 aliphatic carbocycles. The lowest BCUT2D eigenvalue weighted by molar-refractivity contribution is -0.150. The van der Waals surface area contributed by atoms with Crippen molar-refractivity contribution in [2.75, 3.05) is 33.3 Å². The molecule has 0 aromatic heterocycles. The third-order valence-corrected chi connectivity index (χ3v) is 3.95. The predicted octanol–water partition coefficient (Wildman–Crippen LogP) is 2.82. The molecule has 4 nitrogen and oxygen atoms in total. The van der Waals surface area contributed by atoms with Gasteiger partial charge in [0.15, 0.2) is 0 Å². The molecule has 0 bridgehead atoms. The summed E-state index contributed by atoms with van der Waals surface area (Å²) >= 11 is 0. The van der Waals surface area contributed by atoms with E-state index in [1.54, 1.807) is 0 Å². The Hall–Kier alpha value is -0.610. The molecule has 0 heterocycles. The summed E-state index contributed by atoms with van der Waals surface area (Å²) in [4.78, 5) is 14.4. The van der Waals surface area contributed by atoms with Crippen molar-refractivity contribution in [1.82, 2.24) is 10.2 Å². The lowest BCUT2D eigenvalue weighted by atomic mass is 9.95. The molecule has 0 aliphatic heterocycles. The van der Waals surface area contributed by atoms with Gasteiger partial charge in [-0.1, -0.05) is 20.3 Å². The highest BCUT2D eigenvalue weighted by molar-refractivity contribution is 5.80. The topological polar surface area (TPSA) is 41.6 Å². The van der Waals surface area contributed by atoms with Crippen molar-refractivity contribution in [2.45, 2.75) is 65.3 Å². The first kappa shape index (κ1) is 19.4. The van der Waals surface area contributed by atoms with Crippen LogP contribution in [0.1, 0.15) is 59.8 Å². The molecule has 0 aliphatic rings. The fourth-order valence-electron chi connectivity index (χ4n) is 2.24. The van der Waals surface area contributed by atoms with Gasteiger partial charge in [-0.15, -0.1) is 0 Å². The summed E-state index contributed by atoms with van der Waals surface area (Å²) < 4.78 is 5.14. The van der Waals surface area contributed by atoms with Crippen LogP contribution in [0.25, 0.3) is 0 Å². The Morgan fingerprint density at radius 3 is 2.30 bits per heavy atom. The van der Waals surface area contributed by atoms with E-state index in [1.807, 2.05) is 20.9 Å². The maximum Gasteiger partial charge on any atom is 0.326 e. The van der Waals surface area contributed by atoms with Gasteiger partial charge in [0.2, 0.25) is 0 Å². The van der Waals surface area contributed by atoms with Gasteiger partial charge in [-0.3, -0.25) is 4.79 Å². The minimum absolute atomic E-state index is 0.138. The van der Waals surface area contributed by atoms with Gasteiger partial charge >= 0.3 is 5.97 Å². The second kappa shape index (κ2) is 11.1. The van der Waals surface area contributed by atoms with Crippen LogP contribution in [-0.4, -0.2) is 49.7 Å². The zero-order valence-electron chi connectivity index (χ0n) is 14.1. The first-order valence-electron chi connectivity index (χ1n) is 8.12. The zero-order chi connectivity index (χ0) is 15.4. The molecule has 0 spiro atoms. The molecule has 0 saturated carbocycles. The van der Waals surface area contributed by atoms with Gasteiger partial charge in [0.25, 0.3) is 0 Å². The van der Waals surface area contributed by atoms with Gasteiger partial charge in [-0.05, 0) is 66.2 Å². The van der Waals surface area contributed by atoms with E-state index < -0.39 is 5.54 Å². The SMILES string of the molecule is CCCCN(CC)CCCCC(C)(NC)C(=O)OCC.